The van der Waals surface area contributed by atoms with E-state index in [1.54, 1.807) is 19.2 Å². The fraction of sp³-hybridized carbons (Fsp3) is 0.300. The molecule has 0 aliphatic heterocycles. The van der Waals surface area contributed by atoms with E-state index in [0.29, 0.717) is 12.1 Å². The largest absolute Gasteiger partial charge is 0.366 e. The molecule has 2 aromatic carbocycles. The molecule has 4 N–H and O–H groups in total. The van der Waals surface area contributed by atoms with Gasteiger partial charge < -0.3 is 16.4 Å². The number of guanidine groups is 1. The second-order valence-corrected chi connectivity index (χ2v) is 7.98. The zero-order valence-electron chi connectivity index (χ0n) is 14.9. The lowest BCUT2D eigenvalue weighted by Crippen LogP contribution is -2.40. The van der Waals surface area contributed by atoms with Crippen LogP contribution in [0.2, 0.25) is 0 Å². The first-order chi connectivity index (χ1) is 12.6. The van der Waals surface area contributed by atoms with Gasteiger partial charge in [-0.2, -0.15) is 0 Å². The maximum Gasteiger partial charge on any atom is 0.248 e. The second kappa shape index (κ2) is 8.27. The number of thioether (sulfide) groups is 1. The first kappa shape index (κ1) is 18.3. The maximum atomic E-state index is 11.1. The predicted molar refractivity (Wildman–Crippen MR) is 107 cm³/mol. The SMILES string of the molecule is CN=C(NCc1ccc(C(N)=O)cc1)NCC1(Sc2ccccc2)CC1. The Balaban J connectivity index is 1.48. The number of carbonyl (C=O) groups is 1. The van der Waals surface area contributed by atoms with Gasteiger partial charge in [0.25, 0.3) is 0 Å². The Kier molecular flexibility index (Phi) is 5.83. The molecular weight excluding hydrogens is 344 g/mol. The number of hydrogen-bond donors (Lipinski definition) is 3. The van der Waals surface area contributed by atoms with E-state index in [1.807, 2.05) is 30.0 Å². The van der Waals surface area contributed by atoms with Gasteiger partial charge in [0, 0.05) is 35.3 Å². The molecule has 1 amide bonds. The average Bonchev–Trinajstić information content (AvgIpc) is 3.42. The van der Waals surface area contributed by atoms with Crippen molar-refractivity contribution in [2.45, 2.75) is 29.0 Å². The lowest BCUT2D eigenvalue weighted by atomic mass is 10.1. The van der Waals surface area contributed by atoms with Crippen molar-refractivity contribution in [1.82, 2.24) is 10.6 Å². The molecule has 0 atom stereocenters. The number of rotatable bonds is 7. The summed E-state index contributed by atoms with van der Waals surface area (Å²) in [6.45, 7) is 1.52. The quantitative estimate of drug-likeness (QED) is 0.519. The van der Waals surface area contributed by atoms with Crippen molar-refractivity contribution in [3.8, 4) is 0 Å². The normalized spacial score (nSPS) is 15.3. The van der Waals surface area contributed by atoms with Crippen molar-refractivity contribution in [3.05, 3.63) is 65.7 Å². The van der Waals surface area contributed by atoms with E-state index in [4.69, 9.17) is 5.73 Å². The lowest BCUT2D eigenvalue weighted by molar-refractivity contribution is 0.100. The summed E-state index contributed by atoms with van der Waals surface area (Å²) in [6, 6.07) is 17.8. The molecule has 3 rings (SSSR count). The molecule has 1 saturated carbocycles. The third-order valence-corrected chi connectivity index (χ3v) is 5.88. The number of nitrogens with one attached hydrogen (secondary N) is 2. The van der Waals surface area contributed by atoms with Crippen molar-refractivity contribution < 1.29 is 4.79 Å². The third kappa shape index (κ3) is 5.02. The minimum absolute atomic E-state index is 0.266. The van der Waals surface area contributed by atoms with Crippen LogP contribution in [0.15, 0.2) is 64.5 Å². The zero-order valence-corrected chi connectivity index (χ0v) is 15.7. The molecule has 1 fully saturated rings. The van der Waals surface area contributed by atoms with Crippen LogP contribution < -0.4 is 16.4 Å². The Bertz CT molecular complexity index is 770. The van der Waals surface area contributed by atoms with Crippen LogP contribution in [-0.4, -0.2) is 30.2 Å². The highest BCUT2D eigenvalue weighted by Crippen LogP contribution is 2.51. The summed E-state index contributed by atoms with van der Waals surface area (Å²) in [7, 11) is 1.77. The van der Waals surface area contributed by atoms with E-state index in [-0.39, 0.29) is 4.75 Å². The van der Waals surface area contributed by atoms with E-state index in [1.165, 1.54) is 17.7 Å². The summed E-state index contributed by atoms with van der Waals surface area (Å²) >= 11 is 1.94. The van der Waals surface area contributed by atoms with Crippen LogP contribution in [0, 0.1) is 0 Å². The van der Waals surface area contributed by atoms with Gasteiger partial charge in [0.05, 0.1) is 0 Å². The van der Waals surface area contributed by atoms with Crippen LogP contribution in [0.25, 0.3) is 0 Å². The van der Waals surface area contributed by atoms with Crippen molar-refractivity contribution in [2.75, 3.05) is 13.6 Å². The minimum Gasteiger partial charge on any atom is -0.366 e. The molecule has 0 unspecified atom stereocenters. The molecule has 136 valence electrons. The summed E-state index contributed by atoms with van der Waals surface area (Å²) in [5.74, 6) is 0.372. The first-order valence-corrected chi connectivity index (χ1v) is 9.49. The monoisotopic (exact) mass is 368 g/mol. The standard InChI is InChI=1S/C20H24N4OS/c1-22-19(23-13-15-7-9-16(10-8-15)18(21)25)24-14-20(11-12-20)26-17-5-3-2-4-6-17/h2-10H,11-14H2,1H3,(H2,21,25)(H2,22,23,24). The van der Waals surface area contributed by atoms with Gasteiger partial charge in [-0.25, -0.2) is 0 Å². The molecule has 5 nitrogen and oxygen atoms in total. The molecule has 0 aromatic heterocycles. The van der Waals surface area contributed by atoms with Crippen molar-refractivity contribution in [2.24, 2.45) is 10.7 Å². The molecule has 0 spiro atoms. The smallest absolute Gasteiger partial charge is 0.248 e. The Morgan fingerprint density at radius 3 is 2.38 bits per heavy atom. The van der Waals surface area contributed by atoms with Gasteiger partial charge >= 0.3 is 0 Å². The molecule has 26 heavy (non-hydrogen) atoms. The zero-order chi connectivity index (χ0) is 18.4. The van der Waals surface area contributed by atoms with Gasteiger partial charge in [-0.15, -0.1) is 11.8 Å². The van der Waals surface area contributed by atoms with Crippen molar-refractivity contribution in [3.63, 3.8) is 0 Å². The van der Waals surface area contributed by atoms with Crippen LogP contribution >= 0.6 is 11.8 Å². The number of nitrogens with two attached hydrogens (primary N) is 1. The highest BCUT2D eigenvalue weighted by atomic mass is 32.2. The van der Waals surface area contributed by atoms with Gasteiger partial charge in [0.2, 0.25) is 5.91 Å². The fourth-order valence-corrected chi connectivity index (χ4v) is 3.87. The van der Waals surface area contributed by atoms with Crippen LogP contribution in [0.3, 0.4) is 0 Å². The van der Waals surface area contributed by atoms with Crippen LogP contribution in [0.4, 0.5) is 0 Å². The summed E-state index contributed by atoms with van der Waals surface area (Å²) in [5.41, 5.74) is 6.85. The summed E-state index contributed by atoms with van der Waals surface area (Å²) < 4.78 is 0.266. The van der Waals surface area contributed by atoms with Gasteiger partial charge in [0.1, 0.15) is 0 Å². The Labute approximate surface area is 158 Å². The molecule has 0 saturated heterocycles. The van der Waals surface area contributed by atoms with E-state index >= 15 is 0 Å². The summed E-state index contributed by atoms with van der Waals surface area (Å²) in [5, 5.41) is 6.75. The van der Waals surface area contributed by atoms with Gasteiger partial charge in [-0.05, 0) is 42.7 Å². The molecule has 0 radical (unpaired) electrons. The predicted octanol–water partition coefficient (Wildman–Crippen LogP) is 2.78. The second-order valence-electron chi connectivity index (χ2n) is 6.44. The van der Waals surface area contributed by atoms with Gasteiger partial charge in [0.15, 0.2) is 5.96 Å². The number of nitrogens with zero attached hydrogens (tertiary/aromatic N) is 1. The van der Waals surface area contributed by atoms with E-state index in [2.05, 4.69) is 39.9 Å². The number of carbonyl (C=O) groups excluding carboxylic acids is 1. The Morgan fingerprint density at radius 2 is 1.81 bits per heavy atom. The van der Waals surface area contributed by atoms with Crippen LogP contribution in [-0.2, 0) is 6.54 Å². The molecule has 0 bridgehead atoms. The van der Waals surface area contributed by atoms with Crippen molar-refractivity contribution in [1.29, 1.82) is 0 Å². The van der Waals surface area contributed by atoms with Gasteiger partial charge in [-0.1, -0.05) is 30.3 Å². The van der Waals surface area contributed by atoms with Crippen molar-refractivity contribution >= 4 is 23.6 Å². The Hall–Kier alpha value is -2.47. The number of hydrogen-bond acceptors (Lipinski definition) is 3. The number of primary amides is 1. The number of benzene rings is 2. The van der Waals surface area contributed by atoms with Crippen LogP contribution in [0.5, 0.6) is 0 Å². The molecule has 0 heterocycles. The van der Waals surface area contributed by atoms with E-state index < -0.39 is 5.91 Å². The van der Waals surface area contributed by atoms with E-state index in [0.717, 1.165) is 18.1 Å². The fourth-order valence-electron chi connectivity index (χ4n) is 2.63. The minimum atomic E-state index is -0.410. The highest BCUT2D eigenvalue weighted by molar-refractivity contribution is 8.01. The van der Waals surface area contributed by atoms with Gasteiger partial charge in [-0.3, -0.25) is 9.79 Å². The van der Waals surface area contributed by atoms with E-state index in [9.17, 15) is 4.79 Å². The first-order valence-electron chi connectivity index (χ1n) is 8.68. The maximum absolute atomic E-state index is 11.1. The Morgan fingerprint density at radius 1 is 1.12 bits per heavy atom. The number of amides is 1. The summed E-state index contributed by atoms with van der Waals surface area (Å²) in [4.78, 5) is 16.7. The molecule has 6 heteroatoms. The topological polar surface area (TPSA) is 79.5 Å². The molecule has 1 aliphatic carbocycles. The molecule has 1 aliphatic rings. The van der Waals surface area contributed by atoms with Crippen LogP contribution in [0.1, 0.15) is 28.8 Å². The number of aliphatic imine (C=N–C) groups is 1. The lowest BCUT2D eigenvalue weighted by Gasteiger charge is -2.18. The third-order valence-electron chi connectivity index (χ3n) is 4.39. The average molecular weight is 369 g/mol. The summed E-state index contributed by atoms with van der Waals surface area (Å²) in [6.07, 6.45) is 2.43. The highest BCUT2D eigenvalue weighted by Gasteiger charge is 2.43. The molecule has 2 aromatic rings. The molecular formula is C20H24N4OS.